The highest BCUT2D eigenvalue weighted by Crippen LogP contribution is 2.28. The molecule has 0 bridgehead atoms. The van der Waals surface area contributed by atoms with Gasteiger partial charge in [0.2, 0.25) is 0 Å². The maximum Gasteiger partial charge on any atom is 0.141 e. The number of halogens is 1. The molecule has 1 aliphatic heterocycles. The fourth-order valence-corrected chi connectivity index (χ4v) is 2.94. The van der Waals surface area contributed by atoms with Gasteiger partial charge in [0.15, 0.2) is 0 Å². The molecule has 0 saturated heterocycles. The first kappa shape index (κ1) is 11.9. The van der Waals surface area contributed by atoms with Gasteiger partial charge in [0, 0.05) is 28.4 Å². The molecule has 20 heavy (non-hydrogen) atoms. The maximum absolute atomic E-state index is 4.81. The normalized spacial score (nSPS) is 13.7. The first-order valence-electron chi connectivity index (χ1n) is 6.58. The third-order valence-electron chi connectivity index (χ3n) is 3.58. The van der Waals surface area contributed by atoms with Crippen LogP contribution < -0.4 is 0 Å². The molecule has 3 nitrogen and oxygen atoms in total. The van der Waals surface area contributed by atoms with E-state index >= 15 is 0 Å². The smallest absolute Gasteiger partial charge is 0.141 e. The zero-order valence-corrected chi connectivity index (χ0v) is 12.3. The molecular formula is C16H12BrN3. The third kappa shape index (κ3) is 1.79. The summed E-state index contributed by atoms with van der Waals surface area (Å²) in [7, 11) is 0. The van der Waals surface area contributed by atoms with E-state index in [4.69, 9.17) is 4.98 Å². The average Bonchev–Trinajstić information content (AvgIpc) is 2.69. The van der Waals surface area contributed by atoms with Gasteiger partial charge < -0.3 is 4.57 Å². The molecule has 2 aromatic carbocycles. The Morgan fingerprint density at radius 3 is 2.75 bits per heavy atom. The van der Waals surface area contributed by atoms with Crippen molar-refractivity contribution < 1.29 is 0 Å². The molecule has 0 amide bonds. The summed E-state index contributed by atoms with van der Waals surface area (Å²) in [5.74, 6) is 1.02. The molecule has 0 unspecified atom stereocenters. The molecule has 1 aromatic heterocycles. The van der Waals surface area contributed by atoms with Crippen LogP contribution in [0.3, 0.4) is 0 Å². The monoisotopic (exact) mass is 325 g/mol. The van der Waals surface area contributed by atoms with Crippen molar-refractivity contribution in [1.29, 1.82) is 0 Å². The predicted octanol–water partition coefficient (Wildman–Crippen LogP) is 3.90. The molecule has 0 N–H and O–H groups in total. The molecule has 4 rings (SSSR count). The average molecular weight is 326 g/mol. The SMILES string of the molecule is Brc1ccc(-c2nc3cccc4c3n2CCN=C4)cc1. The molecular weight excluding hydrogens is 314 g/mol. The van der Waals surface area contributed by atoms with Crippen molar-refractivity contribution in [2.75, 3.05) is 6.54 Å². The van der Waals surface area contributed by atoms with E-state index in [1.807, 2.05) is 12.3 Å². The summed E-state index contributed by atoms with van der Waals surface area (Å²) in [6, 6.07) is 14.5. The van der Waals surface area contributed by atoms with Crippen molar-refractivity contribution in [3.05, 3.63) is 52.5 Å². The van der Waals surface area contributed by atoms with Crippen LogP contribution in [0.25, 0.3) is 22.4 Å². The number of hydrogen-bond donors (Lipinski definition) is 0. The molecule has 0 atom stereocenters. The van der Waals surface area contributed by atoms with Crippen molar-refractivity contribution in [2.24, 2.45) is 4.99 Å². The van der Waals surface area contributed by atoms with Gasteiger partial charge in [-0.05, 0) is 18.2 Å². The Hall–Kier alpha value is -1.94. The van der Waals surface area contributed by atoms with Crippen LogP contribution in [-0.2, 0) is 6.54 Å². The molecule has 4 heteroatoms. The van der Waals surface area contributed by atoms with Crippen molar-refractivity contribution in [3.8, 4) is 11.4 Å². The summed E-state index contributed by atoms with van der Waals surface area (Å²) in [5.41, 5.74) is 4.51. The van der Waals surface area contributed by atoms with E-state index in [1.165, 1.54) is 5.52 Å². The van der Waals surface area contributed by atoms with E-state index in [-0.39, 0.29) is 0 Å². The second kappa shape index (κ2) is 4.56. The number of nitrogens with zero attached hydrogens (tertiary/aromatic N) is 3. The summed E-state index contributed by atoms with van der Waals surface area (Å²) < 4.78 is 3.36. The van der Waals surface area contributed by atoms with Crippen LogP contribution in [0.2, 0.25) is 0 Å². The molecule has 2 heterocycles. The molecule has 0 spiro atoms. The van der Waals surface area contributed by atoms with Crippen LogP contribution in [0.1, 0.15) is 5.56 Å². The van der Waals surface area contributed by atoms with Crippen LogP contribution in [0.15, 0.2) is 51.9 Å². The molecule has 3 aromatic rings. The van der Waals surface area contributed by atoms with Crippen molar-refractivity contribution >= 4 is 33.2 Å². The van der Waals surface area contributed by atoms with Gasteiger partial charge in [0.1, 0.15) is 5.82 Å². The number of aliphatic imine (C=N–C) groups is 1. The van der Waals surface area contributed by atoms with E-state index in [9.17, 15) is 0 Å². The van der Waals surface area contributed by atoms with E-state index in [2.05, 4.69) is 61.9 Å². The fraction of sp³-hybridized carbons (Fsp3) is 0.125. The lowest BCUT2D eigenvalue weighted by Gasteiger charge is -2.07. The van der Waals surface area contributed by atoms with Crippen molar-refractivity contribution in [2.45, 2.75) is 6.54 Å². The van der Waals surface area contributed by atoms with Gasteiger partial charge in [-0.1, -0.05) is 40.2 Å². The van der Waals surface area contributed by atoms with Crippen molar-refractivity contribution in [3.63, 3.8) is 0 Å². The van der Waals surface area contributed by atoms with Gasteiger partial charge in [-0.25, -0.2) is 4.98 Å². The van der Waals surface area contributed by atoms with E-state index in [1.54, 1.807) is 0 Å². The number of para-hydroxylation sites is 1. The summed E-state index contributed by atoms with van der Waals surface area (Å²) in [6.07, 6.45) is 1.96. The highest BCUT2D eigenvalue weighted by atomic mass is 79.9. The number of benzene rings is 2. The highest BCUT2D eigenvalue weighted by molar-refractivity contribution is 9.10. The molecule has 1 aliphatic rings. The lowest BCUT2D eigenvalue weighted by molar-refractivity contribution is 0.742. The third-order valence-corrected chi connectivity index (χ3v) is 4.11. The van der Waals surface area contributed by atoms with Gasteiger partial charge in [0.05, 0.1) is 17.6 Å². The molecule has 0 fully saturated rings. The minimum Gasteiger partial charge on any atom is -0.322 e. The summed E-state index contributed by atoms with van der Waals surface area (Å²) in [6.45, 7) is 1.67. The Kier molecular flexibility index (Phi) is 2.70. The first-order valence-corrected chi connectivity index (χ1v) is 7.37. The van der Waals surface area contributed by atoms with Gasteiger partial charge >= 0.3 is 0 Å². The number of rotatable bonds is 1. The Bertz CT molecular complexity index is 816. The van der Waals surface area contributed by atoms with Gasteiger partial charge in [-0.15, -0.1) is 0 Å². The second-order valence-corrected chi connectivity index (χ2v) is 5.76. The van der Waals surface area contributed by atoms with Gasteiger partial charge in [-0.3, -0.25) is 4.99 Å². The second-order valence-electron chi connectivity index (χ2n) is 4.84. The maximum atomic E-state index is 4.81. The highest BCUT2D eigenvalue weighted by Gasteiger charge is 2.15. The minimum atomic E-state index is 0.795. The van der Waals surface area contributed by atoms with Gasteiger partial charge in [0.25, 0.3) is 0 Å². The Morgan fingerprint density at radius 1 is 1.05 bits per heavy atom. The Morgan fingerprint density at radius 2 is 1.90 bits per heavy atom. The number of hydrogen-bond acceptors (Lipinski definition) is 2. The van der Waals surface area contributed by atoms with Gasteiger partial charge in [-0.2, -0.15) is 0 Å². The summed E-state index contributed by atoms with van der Waals surface area (Å²) >= 11 is 3.48. The standard InChI is InChI=1S/C16H12BrN3/c17-13-6-4-11(5-7-13)16-19-14-3-1-2-12-10-18-8-9-20(16)15(12)14/h1-7,10H,8-9H2. The van der Waals surface area contributed by atoms with E-state index in [0.29, 0.717) is 0 Å². The zero-order valence-electron chi connectivity index (χ0n) is 10.8. The largest absolute Gasteiger partial charge is 0.322 e. The summed E-state index contributed by atoms with van der Waals surface area (Å²) in [5, 5.41) is 0. The zero-order chi connectivity index (χ0) is 13.5. The van der Waals surface area contributed by atoms with Crippen LogP contribution in [0.5, 0.6) is 0 Å². The van der Waals surface area contributed by atoms with Crippen LogP contribution in [-0.4, -0.2) is 22.3 Å². The lowest BCUT2D eigenvalue weighted by Crippen LogP contribution is -2.02. The van der Waals surface area contributed by atoms with Crippen molar-refractivity contribution in [1.82, 2.24) is 9.55 Å². The minimum absolute atomic E-state index is 0.795. The molecule has 0 saturated carbocycles. The predicted molar refractivity (Wildman–Crippen MR) is 85.3 cm³/mol. The van der Waals surface area contributed by atoms with E-state index < -0.39 is 0 Å². The lowest BCUT2D eigenvalue weighted by atomic mass is 10.2. The molecule has 98 valence electrons. The van der Waals surface area contributed by atoms with Crippen LogP contribution in [0.4, 0.5) is 0 Å². The Balaban J connectivity index is 2.02. The van der Waals surface area contributed by atoms with Crippen LogP contribution >= 0.6 is 15.9 Å². The molecule has 0 radical (unpaired) electrons. The fourth-order valence-electron chi connectivity index (χ4n) is 2.68. The van der Waals surface area contributed by atoms with Crippen LogP contribution in [0, 0.1) is 0 Å². The number of aromatic nitrogens is 2. The Labute approximate surface area is 125 Å². The molecule has 0 aliphatic carbocycles. The first-order chi connectivity index (χ1) is 9.83. The number of imidazole rings is 1. The summed E-state index contributed by atoms with van der Waals surface area (Å²) in [4.78, 5) is 9.26. The quantitative estimate of drug-likeness (QED) is 0.667. The van der Waals surface area contributed by atoms with E-state index in [0.717, 1.165) is 40.0 Å². The topological polar surface area (TPSA) is 30.2 Å².